The van der Waals surface area contributed by atoms with Gasteiger partial charge in [0.1, 0.15) is 27.4 Å². The predicted octanol–water partition coefficient (Wildman–Crippen LogP) is 5.06. The Hall–Kier alpha value is -2.58. The molecule has 1 heterocycles. The van der Waals surface area contributed by atoms with Crippen LogP contribution >= 0.6 is 11.8 Å². The molecule has 1 aliphatic rings. The summed E-state index contributed by atoms with van der Waals surface area (Å²) in [7, 11) is 0. The van der Waals surface area contributed by atoms with E-state index < -0.39 is 28.2 Å². The standard InChI is InChI=1S/C23H24F3N3OS/c1-4-5-16(10-11-27)23(20-13-18(25)7-6-14(20)2)29(15(3)30)28-22(31-23)19-12-17(24)8-9-21(19)26/h4,6-9,12-13,16H,1,5,10-11,27H2,2-3H3/t16-,23+/m0/s1. The van der Waals surface area contributed by atoms with Gasteiger partial charge < -0.3 is 5.73 Å². The molecular weight excluding hydrogens is 423 g/mol. The molecule has 1 aliphatic heterocycles. The van der Waals surface area contributed by atoms with Crippen LogP contribution in [0.4, 0.5) is 13.2 Å². The Labute approximate surface area is 184 Å². The molecule has 164 valence electrons. The summed E-state index contributed by atoms with van der Waals surface area (Å²) in [6.45, 7) is 7.28. The molecule has 0 fully saturated rings. The third kappa shape index (κ3) is 4.27. The minimum Gasteiger partial charge on any atom is -0.330 e. The van der Waals surface area contributed by atoms with Crippen LogP contribution in [0.2, 0.25) is 0 Å². The van der Waals surface area contributed by atoms with Gasteiger partial charge in [0, 0.05) is 18.4 Å². The summed E-state index contributed by atoms with van der Waals surface area (Å²) >= 11 is 1.11. The molecule has 0 aliphatic carbocycles. The average molecular weight is 448 g/mol. The van der Waals surface area contributed by atoms with Crippen LogP contribution in [0.5, 0.6) is 0 Å². The Morgan fingerprint density at radius 3 is 2.58 bits per heavy atom. The summed E-state index contributed by atoms with van der Waals surface area (Å²) in [6, 6.07) is 7.40. The fourth-order valence-electron chi connectivity index (χ4n) is 3.95. The van der Waals surface area contributed by atoms with E-state index >= 15 is 0 Å². The summed E-state index contributed by atoms with van der Waals surface area (Å²) in [5.41, 5.74) is 7.09. The van der Waals surface area contributed by atoms with Gasteiger partial charge in [-0.3, -0.25) is 4.79 Å². The highest BCUT2D eigenvalue weighted by Crippen LogP contribution is 2.55. The molecule has 0 bridgehead atoms. The molecule has 0 radical (unpaired) electrons. The monoisotopic (exact) mass is 447 g/mol. The van der Waals surface area contributed by atoms with Crippen LogP contribution in [-0.4, -0.2) is 22.5 Å². The van der Waals surface area contributed by atoms with Gasteiger partial charge in [0.2, 0.25) is 5.91 Å². The maximum Gasteiger partial charge on any atom is 0.241 e. The number of halogens is 3. The van der Waals surface area contributed by atoms with Gasteiger partial charge >= 0.3 is 0 Å². The minimum atomic E-state index is -1.19. The van der Waals surface area contributed by atoms with E-state index in [0.29, 0.717) is 24.9 Å². The first kappa shape index (κ1) is 23.1. The highest BCUT2D eigenvalue weighted by molar-refractivity contribution is 8.15. The molecule has 8 heteroatoms. The van der Waals surface area contributed by atoms with E-state index in [2.05, 4.69) is 11.7 Å². The lowest BCUT2D eigenvalue weighted by Crippen LogP contribution is -2.47. The van der Waals surface area contributed by atoms with Crippen molar-refractivity contribution in [2.45, 2.75) is 31.6 Å². The largest absolute Gasteiger partial charge is 0.330 e. The number of carbonyl (C=O) groups is 1. The molecule has 2 atom stereocenters. The quantitative estimate of drug-likeness (QED) is 0.604. The molecule has 3 rings (SSSR count). The molecule has 4 nitrogen and oxygen atoms in total. The van der Waals surface area contributed by atoms with Crippen molar-refractivity contribution >= 4 is 22.7 Å². The molecule has 0 aromatic heterocycles. The topological polar surface area (TPSA) is 58.7 Å². The smallest absolute Gasteiger partial charge is 0.241 e. The molecule has 0 spiro atoms. The van der Waals surface area contributed by atoms with Crippen molar-refractivity contribution in [1.29, 1.82) is 0 Å². The van der Waals surface area contributed by atoms with Gasteiger partial charge in [-0.2, -0.15) is 5.10 Å². The molecule has 31 heavy (non-hydrogen) atoms. The van der Waals surface area contributed by atoms with Gasteiger partial charge in [-0.1, -0.05) is 23.9 Å². The molecule has 2 aromatic rings. The maximum atomic E-state index is 14.6. The molecule has 1 amide bonds. The van der Waals surface area contributed by atoms with Crippen molar-refractivity contribution in [3.63, 3.8) is 0 Å². The van der Waals surface area contributed by atoms with Crippen LogP contribution in [0.3, 0.4) is 0 Å². The summed E-state index contributed by atoms with van der Waals surface area (Å²) < 4.78 is 42.8. The van der Waals surface area contributed by atoms with Crippen molar-refractivity contribution in [3.05, 3.63) is 83.2 Å². The highest BCUT2D eigenvalue weighted by Gasteiger charge is 2.53. The first-order valence-electron chi connectivity index (χ1n) is 9.86. The SMILES string of the molecule is C=CC[C@@H](CCN)[C@]1(c2cc(F)ccc2C)SC(c2cc(F)ccc2F)=NN1C(C)=O. The predicted molar refractivity (Wildman–Crippen MR) is 118 cm³/mol. The number of allylic oxidation sites excluding steroid dienone is 1. The first-order valence-corrected chi connectivity index (χ1v) is 10.7. The van der Waals surface area contributed by atoms with Crippen molar-refractivity contribution in [2.24, 2.45) is 16.8 Å². The number of carbonyl (C=O) groups excluding carboxylic acids is 1. The molecular formula is C23H24F3N3OS. The Kier molecular flexibility index (Phi) is 6.91. The summed E-state index contributed by atoms with van der Waals surface area (Å²) in [5, 5.41) is 5.80. The molecule has 2 aromatic carbocycles. The number of thioether (sulfide) groups is 1. The van der Waals surface area contributed by atoms with E-state index in [-0.39, 0.29) is 16.5 Å². The number of nitrogens with zero attached hydrogens (tertiary/aromatic N) is 2. The number of hydrogen-bond donors (Lipinski definition) is 1. The molecule has 0 unspecified atom stereocenters. The van der Waals surface area contributed by atoms with E-state index in [4.69, 9.17) is 5.73 Å². The van der Waals surface area contributed by atoms with Gasteiger partial charge in [0.25, 0.3) is 0 Å². The van der Waals surface area contributed by atoms with Crippen LogP contribution in [0.1, 0.15) is 36.5 Å². The summed E-state index contributed by atoms with van der Waals surface area (Å²) in [5.74, 6) is -2.48. The fraction of sp³-hybridized carbons (Fsp3) is 0.304. The third-order valence-corrected chi connectivity index (χ3v) is 6.85. The van der Waals surface area contributed by atoms with Gasteiger partial charge in [-0.25, -0.2) is 18.2 Å². The van der Waals surface area contributed by atoms with Crippen LogP contribution in [0.25, 0.3) is 0 Å². The second kappa shape index (κ2) is 9.28. The lowest BCUT2D eigenvalue weighted by atomic mass is 9.84. The van der Waals surface area contributed by atoms with Gasteiger partial charge in [0.15, 0.2) is 0 Å². The number of amides is 1. The molecule has 0 saturated carbocycles. The Balaban J connectivity index is 2.29. The van der Waals surface area contributed by atoms with Gasteiger partial charge in [0.05, 0.1) is 0 Å². The second-order valence-corrected chi connectivity index (χ2v) is 8.63. The zero-order valence-electron chi connectivity index (χ0n) is 17.4. The minimum absolute atomic E-state index is 0.0581. The van der Waals surface area contributed by atoms with Crippen molar-refractivity contribution in [1.82, 2.24) is 5.01 Å². The fourth-order valence-corrected chi connectivity index (χ4v) is 5.60. The lowest BCUT2D eigenvalue weighted by molar-refractivity contribution is -0.133. The summed E-state index contributed by atoms with van der Waals surface area (Å²) in [6.07, 6.45) is 2.64. The number of aryl methyl sites for hydroxylation is 1. The number of hydrazone groups is 1. The van der Waals surface area contributed by atoms with E-state index in [1.54, 1.807) is 12.1 Å². The number of hydrogen-bond acceptors (Lipinski definition) is 4. The van der Waals surface area contributed by atoms with E-state index in [9.17, 15) is 18.0 Å². The lowest BCUT2D eigenvalue weighted by Gasteiger charge is -2.42. The Morgan fingerprint density at radius 1 is 1.26 bits per heavy atom. The number of nitrogens with two attached hydrogens (primary N) is 1. The van der Waals surface area contributed by atoms with Crippen molar-refractivity contribution in [3.8, 4) is 0 Å². The second-order valence-electron chi connectivity index (χ2n) is 7.42. The van der Waals surface area contributed by atoms with E-state index in [1.807, 2.05) is 6.92 Å². The Bertz CT molecular complexity index is 1040. The average Bonchev–Trinajstić information content (AvgIpc) is 3.13. The zero-order valence-corrected chi connectivity index (χ0v) is 18.2. The van der Waals surface area contributed by atoms with Crippen LogP contribution in [0.15, 0.2) is 54.2 Å². The highest BCUT2D eigenvalue weighted by atomic mass is 32.2. The van der Waals surface area contributed by atoms with Crippen LogP contribution in [0, 0.1) is 30.3 Å². The van der Waals surface area contributed by atoms with Gasteiger partial charge in [-0.05, 0) is 67.8 Å². The number of rotatable bonds is 7. The van der Waals surface area contributed by atoms with Crippen molar-refractivity contribution < 1.29 is 18.0 Å². The van der Waals surface area contributed by atoms with Gasteiger partial charge in [-0.15, -0.1) is 6.58 Å². The zero-order chi connectivity index (χ0) is 22.8. The molecule has 0 saturated heterocycles. The number of benzene rings is 2. The summed E-state index contributed by atoms with van der Waals surface area (Å²) in [4.78, 5) is 11.6. The Morgan fingerprint density at radius 2 is 1.94 bits per heavy atom. The van der Waals surface area contributed by atoms with E-state index in [0.717, 1.165) is 35.5 Å². The molecule has 2 N–H and O–H groups in total. The normalized spacial score (nSPS) is 19.3. The maximum absolute atomic E-state index is 14.6. The van der Waals surface area contributed by atoms with Crippen LogP contribution in [-0.2, 0) is 9.67 Å². The van der Waals surface area contributed by atoms with Crippen molar-refractivity contribution in [2.75, 3.05) is 6.54 Å². The van der Waals surface area contributed by atoms with Crippen LogP contribution < -0.4 is 5.73 Å². The first-order chi connectivity index (χ1) is 14.7. The third-order valence-electron chi connectivity index (χ3n) is 5.32. The van der Waals surface area contributed by atoms with E-state index in [1.165, 1.54) is 24.1 Å².